The zero-order valence-corrected chi connectivity index (χ0v) is 10.8. The topological polar surface area (TPSA) is 79.9 Å². The molecule has 20 heavy (non-hydrogen) atoms. The molecular weight excluding hydrogens is 256 g/mol. The van der Waals surface area contributed by atoms with Gasteiger partial charge < -0.3 is 10.1 Å². The molecule has 2 N–H and O–H groups in total. The SMILES string of the molecule is COc1ccc(NC(=O)c2ccc3cn[nH]c3c2)cn1. The largest absolute Gasteiger partial charge is 0.481 e. The van der Waals surface area contributed by atoms with Gasteiger partial charge in [-0.15, -0.1) is 0 Å². The molecule has 0 saturated heterocycles. The van der Waals surface area contributed by atoms with E-state index in [1.807, 2.05) is 6.07 Å². The van der Waals surface area contributed by atoms with Crippen LogP contribution in [0.15, 0.2) is 42.7 Å². The molecule has 0 saturated carbocycles. The van der Waals surface area contributed by atoms with E-state index in [1.165, 1.54) is 0 Å². The number of carbonyl (C=O) groups excluding carboxylic acids is 1. The van der Waals surface area contributed by atoms with Gasteiger partial charge in [-0.1, -0.05) is 6.07 Å². The quantitative estimate of drug-likeness (QED) is 0.763. The van der Waals surface area contributed by atoms with Gasteiger partial charge in [-0.3, -0.25) is 9.89 Å². The molecule has 1 amide bonds. The van der Waals surface area contributed by atoms with Crippen molar-refractivity contribution >= 4 is 22.5 Å². The number of carbonyl (C=O) groups is 1. The number of aromatic amines is 1. The molecule has 100 valence electrons. The molecule has 6 heteroatoms. The highest BCUT2D eigenvalue weighted by Gasteiger charge is 2.08. The number of amides is 1. The molecule has 0 radical (unpaired) electrons. The molecule has 0 aliphatic rings. The Morgan fingerprint density at radius 2 is 2.15 bits per heavy atom. The third kappa shape index (κ3) is 2.31. The number of nitrogens with one attached hydrogen (secondary N) is 2. The number of H-pyrrole nitrogens is 1. The summed E-state index contributed by atoms with van der Waals surface area (Å²) >= 11 is 0. The van der Waals surface area contributed by atoms with E-state index in [1.54, 1.807) is 43.8 Å². The number of ether oxygens (including phenoxy) is 1. The summed E-state index contributed by atoms with van der Waals surface area (Å²) in [6.45, 7) is 0. The Kier molecular flexibility index (Phi) is 3.04. The molecule has 3 rings (SSSR count). The van der Waals surface area contributed by atoms with Crippen LogP contribution in [0.4, 0.5) is 5.69 Å². The Morgan fingerprint density at radius 3 is 2.90 bits per heavy atom. The lowest BCUT2D eigenvalue weighted by Crippen LogP contribution is -2.11. The number of benzene rings is 1. The molecular formula is C14H12N4O2. The Morgan fingerprint density at radius 1 is 1.25 bits per heavy atom. The van der Waals surface area contributed by atoms with Crippen LogP contribution < -0.4 is 10.1 Å². The second kappa shape index (κ2) is 5.00. The van der Waals surface area contributed by atoms with Gasteiger partial charge in [0.25, 0.3) is 5.91 Å². The molecule has 1 aromatic carbocycles. The van der Waals surface area contributed by atoms with Crippen molar-refractivity contribution in [3.63, 3.8) is 0 Å². The van der Waals surface area contributed by atoms with E-state index >= 15 is 0 Å². The first kappa shape index (κ1) is 12.2. The van der Waals surface area contributed by atoms with Gasteiger partial charge in [0.05, 0.1) is 30.7 Å². The fraction of sp³-hybridized carbons (Fsp3) is 0.0714. The number of fused-ring (bicyclic) bond motifs is 1. The van der Waals surface area contributed by atoms with E-state index in [2.05, 4.69) is 20.5 Å². The maximum atomic E-state index is 12.1. The number of hydrogen-bond donors (Lipinski definition) is 2. The minimum Gasteiger partial charge on any atom is -0.481 e. The molecule has 0 bridgehead atoms. The summed E-state index contributed by atoms with van der Waals surface area (Å²) in [6.07, 6.45) is 3.26. The van der Waals surface area contributed by atoms with Crippen molar-refractivity contribution in [1.29, 1.82) is 0 Å². The van der Waals surface area contributed by atoms with Crippen LogP contribution in [0.1, 0.15) is 10.4 Å². The van der Waals surface area contributed by atoms with Crippen LogP contribution in [0, 0.1) is 0 Å². The van der Waals surface area contributed by atoms with Gasteiger partial charge >= 0.3 is 0 Å². The van der Waals surface area contributed by atoms with Crippen LogP contribution in [0.3, 0.4) is 0 Å². The predicted octanol–water partition coefficient (Wildman–Crippen LogP) is 2.22. The first-order chi connectivity index (χ1) is 9.76. The molecule has 2 aromatic heterocycles. The summed E-state index contributed by atoms with van der Waals surface area (Å²) in [7, 11) is 1.54. The van der Waals surface area contributed by atoms with Gasteiger partial charge in [0.2, 0.25) is 5.88 Å². The molecule has 0 spiro atoms. The highest BCUT2D eigenvalue weighted by atomic mass is 16.5. The van der Waals surface area contributed by atoms with Gasteiger partial charge in [-0.25, -0.2) is 4.98 Å². The van der Waals surface area contributed by atoms with Crippen LogP contribution in [-0.2, 0) is 0 Å². The van der Waals surface area contributed by atoms with E-state index in [0.29, 0.717) is 17.1 Å². The molecule has 0 aliphatic heterocycles. The fourth-order valence-corrected chi connectivity index (χ4v) is 1.86. The molecule has 6 nitrogen and oxygen atoms in total. The summed E-state index contributed by atoms with van der Waals surface area (Å²) in [5, 5.41) is 10.5. The lowest BCUT2D eigenvalue weighted by atomic mass is 10.1. The van der Waals surface area contributed by atoms with E-state index in [9.17, 15) is 4.79 Å². The van der Waals surface area contributed by atoms with E-state index < -0.39 is 0 Å². The standard InChI is InChI=1S/C14H12N4O2/c1-20-13-5-4-11(8-15-13)17-14(19)9-2-3-10-7-16-18-12(10)6-9/h2-8H,1H3,(H,16,18)(H,17,19). The van der Waals surface area contributed by atoms with Crippen molar-refractivity contribution in [1.82, 2.24) is 15.2 Å². The van der Waals surface area contributed by atoms with Crippen LogP contribution >= 0.6 is 0 Å². The van der Waals surface area contributed by atoms with Crippen molar-refractivity contribution in [2.75, 3.05) is 12.4 Å². The maximum absolute atomic E-state index is 12.1. The summed E-state index contributed by atoms with van der Waals surface area (Å²) in [4.78, 5) is 16.2. The number of anilines is 1. The normalized spacial score (nSPS) is 10.4. The third-order valence-electron chi connectivity index (χ3n) is 2.91. The van der Waals surface area contributed by atoms with Crippen LogP contribution in [-0.4, -0.2) is 28.2 Å². The lowest BCUT2D eigenvalue weighted by Gasteiger charge is -2.05. The summed E-state index contributed by atoms with van der Waals surface area (Å²) < 4.78 is 4.96. The van der Waals surface area contributed by atoms with Crippen molar-refractivity contribution < 1.29 is 9.53 Å². The van der Waals surface area contributed by atoms with Crippen LogP contribution in [0.2, 0.25) is 0 Å². The third-order valence-corrected chi connectivity index (χ3v) is 2.91. The second-order valence-electron chi connectivity index (χ2n) is 4.22. The maximum Gasteiger partial charge on any atom is 0.255 e. The minimum atomic E-state index is -0.200. The summed E-state index contributed by atoms with van der Waals surface area (Å²) in [6, 6.07) is 8.78. The van der Waals surface area contributed by atoms with Crippen molar-refractivity contribution in [3.8, 4) is 5.88 Å². The summed E-state index contributed by atoms with van der Waals surface area (Å²) in [5.41, 5.74) is 1.99. The number of pyridine rings is 1. The van der Waals surface area contributed by atoms with Gasteiger partial charge in [0.1, 0.15) is 0 Å². The molecule has 2 heterocycles. The Labute approximate surface area is 114 Å². The minimum absolute atomic E-state index is 0.200. The number of aromatic nitrogens is 3. The predicted molar refractivity (Wildman–Crippen MR) is 74.8 cm³/mol. The van der Waals surface area contributed by atoms with Gasteiger partial charge in [-0.2, -0.15) is 5.10 Å². The van der Waals surface area contributed by atoms with Crippen molar-refractivity contribution in [2.24, 2.45) is 0 Å². The number of methoxy groups -OCH3 is 1. The average molecular weight is 268 g/mol. The molecule has 0 aliphatic carbocycles. The van der Waals surface area contributed by atoms with Crippen LogP contribution in [0.25, 0.3) is 10.9 Å². The number of hydrogen-bond acceptors (Lipinski definition) is 4. The van der Waals surface area contributed by atoms with E-state index in [4.69, 9.17) is 4.74 Å². The zero-order valence-electron chi connectivity index (χ0n) is 10.8. The molecule has 0 fully saturated rings. The second-order valence-corrected chi connectivity index (χ2v) is 4.22. The smallest absolute Gasteiger partial charge is 0.255 e. The first-order valence-electron chi connectivity index (χ1n) is 6.01. The lowest BCUT2D eigenvalue weighted by molar-refractivity contribution is 0.102. The molecule has 0 atom stereocenters. The highest BCUT2D eigenvalue weighted by Crippen LogP contribution is 2.15. The van der Waals surface area contributed by atoms with Crippen molar-refractivity contribution in [2.45, 2.75) is 0 Å². The Bertz CT molecular complexity index is 749. The zero-order chi connectivity index (χ0) is 13.9. The Hall–Kier alpha value is -2.89. The average Bonchev–Trinajstić information content (AvgIpc) is 2.95. The van der Waals surface area contributed by atoms with Gasteiger partial charge in [-0.05, 0) is 18.2 Å². The molecule has 3 aromatic rings. The summed E-state index contributed by atoms with van der Waals surface area (Å²) in [5.74, 6) is 0.301. The van der Waals surface area contributed by atoms with E-state index in [-0.39, 0.29) is 5.91 Å². The first-order valence-corrected chi connectivity index (χ1v) is 6.01. The van der Waals surface area contributed by atoms with Gasteiger partial charge in [0, 0.05) is 17.0 Å². The van der Waals surface area contributed by atoms with E-state index in [0.717, 1.165) is 10.9 Å². The van der Waals surface area contributed by atoms with Gasteiger partial charge in [0.15, 0.2) is 0 Å². The number of nitrogens with zero attached hydrogens (tertiary/aromatic N) is 2. The highest BCUT2D eigenvalue weighted by molar-refractivity contribution is 6.06. The fourth-order valence-electron chi connectivity index (χ4n) is 1.86. The monoisotopic (exact) mass is 268 g/mol. The molecule has 0 unspecified atom stereocenters. The Balaban J connectivity index is 1.80. The van der Waals surface area contributed by atoms with Crippen LogP contribution in [0.5, 0.6) is 5.88 Å². The van der Waals surface area contributed by atoms with Crippen molar-refractivity contribution in [3.05, 3.63) is 48.3 Å². The number of rotatable bonds is 3.